The third-order valence-corrected chi connectivity index (χ3v) is 2.53. The lowest BCUT2D eigenvalue weighted by molar-refractivity contribution is 0.0689. The fourth-order valence-corrected chi connectivity index (χ4v) is 1.55. The van der Waals surface area contributed by atoms with Crippen molar-refractivity contribution < 1.29 is 9.90 Å². The van der Waals surface area contributed by atoms with Crippen molar-refractivity contribution in [1.82, 2.24) is 9.97 Å². The first-order valence-electron chi connectivity index (χ1n) is 4.67. The number of carbonyl (C=O) groups is 1. The lowest BCUT2D eigenvalue weighted by Crippen LogP contribution is -2.06. The second-order valence-corrected chi connectivity index (χ2v) is 3.88. The Morgan fingerprint density at radius 2 is 2.21 bits per heavy atom. The number of nitrogens with zero attached hydrogens (tertiary/aromatic N) is 2. The Labute approximate surface area is 82.0 Å². The number of aromatic nitrogens is 2. The van der Waals surface area contributed by atoms with Crippen molar-refractivity contribution in [3.8, 4) is 0 Å². The van der Waals surface area contributed by atoms with Gasteiger partial charge in [-0.3, -0.25) is 0 Å². The normalized spacial score (nSPS) is 24.7. The summed E-state index contributed by atoms with van der Waals surface area (Å²) in [6.45, 7) is 3.92. The van der Waals surface area contributed by atoms with E-state index in [0.29, 0.717) is 17.7 Å². The van der Waals surface area contributed by atoms with Gasteiger partial charge in [0.1, 0.15) is 5.82 Å². The molecule has 0 saturated heterocycles. The molecule has 2 rings (SSSR count). The van der Waals surface area contributed by atoms with Crippen molar-refractivity contribution >= 4 is 5.97 Å². The van der Waals surface area contributed by atoms with Crippen molar-refractivity contribution in [1.29, 1.82) is 0 Å². The first-order valence-corrected chi connectivity index (χ1v) is 4.67. The molecule has 1 aromatic heterocycles. The molecule has 1 saturated carbocycles. The van der Waals surface area contributed by atoms with Gasteiger partial charge in [-0.25, -0.2) is 14.8 Å². The Balaban J connectivity index is 2.37. The summed E-state index contributed by atoms with van der Waals surface area (Å²) in [5, 5.41) is 8.81. The van der Waals surface area contributed by atoms with Gasteiger partial charge in [0.05, 0.1) is 0 Å². The summed E-state index contributed by atoms with van der Waals surface area (Å²) in [6, 6.07) is 1.50. The van der Waals surface area contributed by atoms with Crippen LogP contribution in [0.3, 0.4) is 0 Å². The number of aromatic carboxylic acids is 1. The van der Waals surface area contributed by atoms with Crippen LogP contribution >= 0.6 is 0 Å². The summed E-state index contributed by atoms with van der Waals surface area (Å²) in [5.74, 6) is 0.673. The minimum atomic E-state index is -0.981. The molecule has 1 fully saturated rings. The van der Waals surface area contributed by atoms with Crippen LogP contribution < -0.4 is 0 Å². The number of carboxylic acids is 1. The quantitative estimate of drug-likeness (QED) is 0.773. The molecular weight excluding hydrogens is 180 g/mol. The highest BCUT2D eigenvalue weighted by Gasteiger charge is 2.37. The van der Waals surface area contributed by atoms with Crippen molar-refractivity contribution in [2.45, 2.75) is 26.2 Å². The molecular formula is C10H12N2O2. The zero-order valence-electron chi connectivity index (χ0n) is 8.19. The van der Waals surface area contributed by atoms with E-state index >= 15 is 0 Å². The van der Waals surface area contributed by atoms with E-state index in [9.17, 15) is 4.79 Å². The monoisotopic (exact) mass is 192 g/mol. The molecule has 1 aromatic rings. The SMILES string of the molecule is Cc1cc(C(=O)O)nc(C2CC2C)n1. The van der Waals surface area contributed by atoms with Gasteiger partial charge in [0.15, 0.2) is 5.69 Å². The van der Waals surface area contributed by atoms with Gasteiger partial charge in [-0.15, -0.1) is 0 Å². The van der Waals surface area contributed by atoms with E-state index in [1.165, 1.54) is 6.07 Å². The second kappa shape index (κ2) is 3.04. The van der Waals surface area contributed by atoms with Crippen molar-refractivity contribution in [2.75, 3.05) is 0 Å². The zero-order valence-corrected chi connectivity index (χ0v) is 8.19. The van der Waals surface area contributed by atoms with Crippen LogP contribution in [0.1, 0.15) is 41.3 Å². The van der Waals surface area contributed by atoms with Gasteiger partial charge in [-0.1, -0.05) is 6.92 Å². The first kappa shape index (κ1) is 9.12. The van der Waals surface area contributed by atoms with E-state index in [1.807, 2.05) is 0 Å². The van der Waals surface area contributed by atoms with E-state index in [0.717, 1.165) is 12.1 Å². The summed E-state index contributed by atoms with van der Waals surface area (Å²) >= 11 is 0. The highest BCUT2D eigenvalue weighted by molar-refractivity contribution is 5.85. The molecule has 4 nitrogen and oxygen atoms in total. The van der Waals surface area contributed by atoms with Crippen LogP contribution in [0, 0.1) is 12.8 Å². The Morgan fingerprint density at radius 3 is 2.71 bits per heavy atom. The van der Waals surface area contributed by atoms with Crippen LogP contribution in [0.15, 0.2) is 6.07 Å². The van der Waals surface area contributed by atoms with Gasteiger partial charge >= 0.3 is 5.97 Å². The first-order chi connectivity index (χ1) is 6.58. The van der Waals surface area contributed by atoms with Crippen LogP contribution in [0.2, 0.25) is 0 Å². The van der Waals surface area contributed by atoms with Gasteiger partial charge in [0.25, 0.3) is 0 Å². The van der Waals surface area contributed by atoms with Crippen LogP contribution in [-0.4, -0.2) is 21.0 Å². The maximum Gasteiger partial charge on any atom is 0.354 e. The molecule has 0 aromatic carbocycles. The summed E-state index contributed by atoms with van der Waals surface area (Å²) in [6.07, 6.45) is 1.07. The minimum absolute atomic E-state index is 0.103. The third kappa shape index (κ3) is 1.60. The van der Waals surface area contributed by atoms with Crippen molar-refractivity contribution in [3.05, 3.63) is 23.3 Å². The molecule has 2 unspecified atom stereocenters. The number of hydrogen-bond donors (Lipinski definition) is 1. The Morgan fingerprint density at radius 1 is 1.57 bits per heavy atom. The van der Waals surface area contributed by atoms with Crippen LogP contribution in [0.4, 0.5) is 0 Å². The second-order valence-electron chi connectivity index (χ2n) is 3.88. The molecule has 2 atom stereocenters. The number of aryl methyl sites for hydroxylation is 1. The molecule has 4 heteroatoms. The standard InChI is InChI=1S/C10H12N2O2/c1-5-3-7(5)9-11-6(2)4-8(12-9)10(13)14/h4-5,7H,3H2,1-2H3,(H,13,14). The molecule has 1 N–H and O–H groups in total. The number of carboxylic acid groups (broad SMARTS) is 1. The van der Waals surface area contributed by atoms with Crippen LogP contribution in [0.5, 0.6) is 0 Å². The van der Waals surface area contributed by atoms with E-state index in [4.69, 9.17) is 5.11 Å². The lowest BCUT2D eigenvalue weighted by atomic mass is 10.2. The van der Waals surface area contributed by atoms with Crippen molar-refractivity contribution in [2.24, 2.45) is 5.92 Å². The van der Waals surface area contributed by atoms with E-state index in [-0.39, 0.29) is 5.69 Å². The Bertz CT molecular complexity index is 390. The Kier molecular flexibility index (Phi) is 1.98. The van der Waals surface area contributed by atoms with Gasteiger partial charge in [-0.05, 0) is 25.3 Å². The summed E-state index contributed by atoms with van der Waals surface area (Å²) < 4.78 is 0. The Hall–Kier alpha value is -1.45. The average molecular weight is 192 g/mol. The number of hydrogen-bond acceptors (Lipinski definition) is 3. The molecule has 14 heavy (non-hydrogen) atoms. The molecule has 0 bridgehead atoms. The molecule has 0 amide bonds. The molecule has 0 spiro atoms. The van der Waals surface area contributed by atoms with E-state index in [2.05, 4.69) is 16.9 Å². The summed E-state index contributed by atoms with van der Waals surface area (Å²) in [4.78, 5) is 19.0. The zero-order chi connectivity index (χ0) is 10.3. The third-order valence-electron chi connectivity index (χ3n) is 2.53. The largest absolute Gasteiger partial charge is 0.477 e. The van der Waals surface area contributed by atoms with Gasteiger partial charge in [0.2, 0.25) is 0 Å². The van der Waals surface area contributed by atoms with E-state index < -0.39 is 5.97 Å². The average Bonchev–Trinajstić information content (AvgIpc) is 2.81. The molecule has 1 aliphatic carbocycles. The molecule has 1 aliphatic rings. The highest BCUT2D eigenvalue weighted by atomic mass is 16.4. The highest BCUT2D eigenvalue weighted by Crippen LogP contribution is 2.45. The predicted octanol–water partition coefficient (Wildman–Crippen LogP) is 1.61. The van der Waals surface area contributed by atoms with Gasteiger partial charge < -0.3 is 5.11 Å². The lowest BCUT2D eigenvalue weighted by Gasteiger charge is -2.01. The molecule has 0 radical (unpaired) electrons. The maximum absolute atomic E-state index is 10.7. The number of rotatable bonds is 2. The van der Waals surface area contributed by atoms with Crippen molar-refractivity contribution in [3.63, 3.8) is 0 Å². The smallest absolute Gasteiger partial charge is 0.354 e. The fourth-order valence-electron chi connectivity index (χ4n) is 1.55. The molecule has 74 valence electrons. The molecule has 0 aliphatic heterocycles. The predicted molar refractivity (Wildman–Crippen MR) is 50.3 cm³/mol. The maximum atomic E-state index is 10.7. The minimum Gasteiger partial charge on any atom is -0.477 e. The molecule has 1 heterocycles. The van der Waals surface area contributed by atoms with Gasteiger partial charge in [0, 0.05) is 11.6 Å². The summed E-state index contributed by atoms with van der Waals surface area (Å²) in [7, 11) is 0. The van der Waals surface area contributed by atoms with Gasteiger partial charge in [-0.2, -0.15) is 0 Å². The van der Waals surface area contributed by atoms with Crippen LogP contribution in [-0.2, 0) is 0 Å². The summed E-state index contributed by atoms with van der Waals surface area (Å²) in [5.41, 5.74) is 0.832. The fraction of sp³-hybridized carbons (Fsp3) is 0.500. The van der Waals surface area contributed by atoms with Crippen LogP contribution in [0.25, 0.3) is 0 Å². The topological polar surface area (TPSA) is 63.1 Å². The van der Waals surface area contributed by atoms with E-state index in [1.54, 1.807) is 6.92 Å².